The molecule has 2 heteroatoms. The van der Waals surface area contributed by atoms with Crippen molar-refractivity contribution in [2.24, 2.45) is 29.6 Å². The normalized spacial score (nSPS) is 29.2. The van der Waals surface area contributed by atoms with Crippen LogP contribution in [0.25, 0.3) is 0 Å². The summed E-state index contributed by atoms with van der Waals surface area (Å²) >= 11 is 0. The fourth-order valence-corrected chi connectivity index (χ4v) is 5.51. The van der Waals surface area contributed by atoms with E-state index in [2.05, 4.69) is 39.8 Å². The SMILES string of the molecule is CCC(C)CCC(C)C1CCC(C(=O)Oc2ccc(C3CCC(C)CC3)cc2)CC1. The second-order valence-electron chi connectivity index (χ2n) is 10.6. The average molecular weight is 413 g/mol. The van der Waals surface area contributed by atoms with Crippen molar-refractivity contribution in [1.82, 2.24) is 0 Å². The van der Waals surface area contributed by atoms with Crippen LogP contribution in [0.15, 0.2) is 24.3 Å². The zero-order valence-corrected chi connectivity index (χ0v) is 19.9. The molecule has 2 nitrogen and oxygen atoms in total. The van der Waals surface area contributed by atoms with Gasteiger partial charge < -0.3 is 4.74 Å². The summed E-state index contributed by atoms with van der Waals surface area (Å²) in [4.78, 5) is 12.7. The molecule has 0 spiro atoms. The maximum Gasteiger partial charge on any atom is 0.314 e. The van der Waals surface area contributed by atoms with Gasteiger partial charge in [-0.2, -0.15) is 0 Å². The first-order chi connectivity index (χ1) is 14.5. The van der Waals surface area contributed by atoms with Gasteiger partial charge in [-0.05, 0) is 85.8 Å². The minimum atomic E-state index is -0.0139. The molecule has 1 aromatic rings. The fraction of sp³-hybridized carbons (Fsp3) is 0.750. The molecule has 0 bridgehead atoms. The van der Waals surface area contributed by atoms with Crippen LogP contribution < -0.4 is 4.74 Å². The lowest BCUT2D eigenvalue weighted by molar-refractivity contribution is -0.140. The van der Waals surface area contributed by atoms with E-state index in [9.17, 15) is 4.79 Å². The highest BCUT2D eigenvalue weighted by molar-refractivity contribution is 5.75. The Morgan fingerprint density at radius 3 is 2.17 bits per heavy atom. The Hall–Kier alpha value is -1.31. The van der Waals surface area contributed by atoms with Crippen LogP contribution in [0.1, 0.15) is 110 Å². The zero-order valence-electron chi connectivity index (χ0n) is 19.9. The molecule has 2 saturated carbocycles. The van der Waals surface area contributed by atoms with Crippen LogP contribution in [0, 0.1) is 29.6 Å². The van der Waals surface area contributed by atoms with E-state index in [1.165, 1.54) is 63.4 Å². The van der Waals surface area contributed by atoms with Gasteiger partial charge in [0.25, 0.3) is 0 Å². The third-order valence-corrected chi connectivity index (χ3v) is 8.31. The van der Waals surface area contributed by atoms with E-state index in [1.54, 1.807) is 0 Å². The average Bonchev–Trinajstić information content (AvgIpc) is 2.78. The zero-order chi connectivity index (χ0) is 21.5. The van der Waals surface area contributed by atoms with Gasteiger partial charge in [0.15, 0.2) is 0 Å². The van der Waals surface area contributed by atoms with E-state index in [0.29, 0.717) is 5.92 Å². The Morgan fingerprint density at radius 2 is 1.57 bits per heavy atom. The summed E-state index contributed by atoms with van der Waals surface area (Å²) in [6, 6.07) is 8.38. The third-order valence-electron chi connectivity index (χ3n) is 8.31. The minimum absolute atomic E-state index is 0.0139. The summed E-state index contributed by atoms with van der Waals surface area (Å²) in [5.41, 5.74) is 1.41. The van der Waals surface area contributed by atoms with Crippen LogP contribution in [0.2, 0.25) is 0 Å². The van der Waals surface area contributed by atoms with Gasteiger partial charge in [0.05, 0.1) is 5.92 Å². The van der Waals surface area contributed by atoms with Gasteiger partial charge in [0.1, 0.15) is 5.75 Å². The lowest BCUT2D eigenvalue weighted by Crippen LogP contribution is -2.28. The minimum Gasteiger partial charge on any atom is -0.426 e. The molecule has 0 N–H and O–H groups in total. The smallest absolute Gasteiger partial charge is 0.314 e. The lowest BCUT2D eigenvalue weighted by Gasteiger charge is -2.31. The number of esters is 1. The first-order valence-corrected chi connectivity index (χ1v) is 12.8. The number of hydrogen-bond donors (Lipinski definition) is 0. The Labute approximate surface area is 185 Å². The van der Waals surface area contributed by atoms with Crippen LogP contribution in [0.5, 0.6) is 5.75 Å². The molecule has 0 amide bonds. The van der Waals surface area contributed by atoms with Gasteiger partial charge in [-0.15, -0.1) is 0 Å². The molecule has 1 aromatic carbocycles. The molecule has 30 heavy (non-hydrogen) atoms. The second kappa shape index (κ2) is 11.3. The molecular weight excluding hydrogens is 368 g/mol. The second-order valence-corrected chi connectivity index (χ2v) is 10.6. The summed E-state index contributed by atoms with van der Waals surface area (Å²) in [6.07, 6.45) is 13.6. The predicted octanol–water partition coefficient (Wildman–Crippen LogP) is 8.15. The van der Waals surface area contributed by atoms with Crippen LogP contribution in [-0.4, -0.2) is 5.97 Å². The molecule has 0 saturated heterocycles. The number of rotatable bonds is 8. The maximum absolute atomic E-state index is 12.7. The largest absolute Gasteiger partial charge is 0.426 e. The number of carbonyl (C=O) groups excluding carboxylic acids is 1. The Morgan fingerprint density at radius 1 is 0.933 bits per heavy atom. The van der Waals surface area contributed by atoms with E-state index in [4.69, 9.17) is 4.74 Å². The van der Waals surface area contributed by atoms with Crippen molar-refractivity contribution in [3.8, 4) is 5.75 Å². The third kappa shape index (κ3) is 6.59. The standard InChI is InChI=1S/C28H44O2/c1-5-20(2)6-9-22(4)23-12-14-26(15-13-23)28(29)30-27-18-16-25(17-19-27)24-10-7-21(3)8-11-24/h16-24,26H,5-15H2,1-4H3. The first-order valence-electron chi connectivity index (χ1n) is 12.8. The number of ether oxygens (including phenoxy) is 1. The van der Waals surface area contributed by atoms with E-state index in [0.717, 1.165) is 42.3 Å². The van der Waals surface area contributed by atoms with E-state index in [-0.39, 0.29) is 11.9 Å². The van der Waals surface area contributed by atoms with Crippen LogP contribution in [0.3, 0.4) is 0 Å². The number of hydrogen-bond acceptors (Lipinski definition) is 2. The summed E-state index contributed by atoms with van der Waals surface area (Å²) in [6.45, 7) is 9.43. The number of carbonyl (C=O) groups is 1. The molecule has 0 radical (unpaired) electrons. The van der Waals surface area contributed by atoms with Crippen LogP contribution >= 0.6 is 0 Å². The molecule has 2 unspecified atom stereocenters. The van der Waals surface area contributed by atoms with E-state index in [1.807, 2.05) is 12.1 Å². The summed E-state index contributed by atoms with van der Waals surface area (Å²) < 4.78 is 5.76. The monoisotopic (exact) mass is 412 g/mol. The van der Waals surface area contributed by atoms with Gasteiger partial charge in [-0.3, -0.25) is 4.79 Å². The highest BCUT2D eigenvalue weighted by Crippen LogP contribution is 2.38. The molecular formula is C28H44O2. The van der Waals surface area contributed by atoms with Crippen molar-refractivity contribution in [2.45, 2.75) is 104 Å². The Kier molecular flexibility index (Phi) is 8.84. The molecule has 2 aliphatic rings. The Bertz CT molecular complexity index is 633. The first kappa shape index (κ1) is 23.4. The van der Waals surface area contributed by atoms with Crippen molar-refractivity contribution in [2.75, 3.05) is 0 Å². The van der Waals surface area contributed by atoms with Crippen molar-refractivity contribution in [1.29, 1.82) is 0 Å². The Balaban J connectivity index is 1.42. The molecule has 3 rings (SSSR count). The van der Waals surface area contributed by atoms with E-state index >= 15 is 0 Å². The van der Waals surface area contributed by atoms with Gasteiger partial charge >= 0.3 is 5.97 Å². The van der Waals surface area contributed by atoms with Crippen molar-refractivity contribution in [3.63, 3.8) is 0 Å². The molecule has 2 fully saturated rings. The summed E-state index contributed by atoms with van der Waals surface area (Å²) in [5.74, 6) is 4.76. The molecule has 0 aliphatic heterocycles. The van der Waals surface area contributed by atoms with Gasteiger partial charge in [-0.1, -0.05) is 71.9 Å². The maximum atomic E-state index is 12.7. The fourth-order valence-electron chi connectivity index (χ4n) is 5.51. The van der Waals surface area contributed by atoms with Crippen molar-refractivity contribution in [3.05, 3.63) is 29.8 Å². The molecule has 168 valence electrons. The van der Waals surface area contributed by atoms with Crippen LogP contribution in [-0.2, 0) is 4.79 Å². The van der Waals surface area contributed by atoms with Gasteiger partial charge in [0.2, 0.25) is 0 Å². The predicted molar refractivity (Wildman–Crippen MR) is 126 cm³/mol. The number of benzene rings is 1. The molecule has 0 aromatic heterocycles. The summed E-state index contributed by atoms with van der Waals surface area (Å²) in [7, 11) is 0. The molecule has 2 aliphatic carbocycles. The summed E-state index contributed by atoms with van der Waals surface area (Å²) in [5, 5.41) is 0. The van der Waals surface area contributed by atoms with Gasteiger partial charge in [-0.25, -0.2) is 0 Å². The quantitative estimate of drug-likeness (QED) is 0.318. The van der Waals surface area contributed by atoms with Gasteiger partial charge in [0, 0.05) is 0 Å². The lowest BCUT2D eigenvalue weighted by atomic mass is 9.74. The topological polar surface area (TPSA) is 26.3 Å². The van der Waals surface area contributed by atoms with Crippen molar-refractivity contribution >= 4 is 5.97 Å². The molecule has 0 heterocycles. The van der Waals surface area contributed by atoms with E-state index < -0.39 is 0 Å². The van der Waals surface area contributed by atoms with Crippen LogP contribution in [0.4, 0.5) is 0 Å². The highest BCUT2D eigenvalue weighted by Gasteiger charge is 2.30. The highest BCUT2D eigenvalue weighted by atomic mass is 16.5. The molecule has 2 atom stereocenters. The van der Waals surface area contributed by atoms with Crippen molar-refractivity contribution < 1.29 is 9.53 Å².